The molecule has 1 N–H and O–H groups in total. The van der Waals surface area contributed by atoms with E-state index in [2.05, 4.69) is 4.99 Å². The van der Waals surface area contributed by atoms with E-state index in [0.717, 1.165) is 11.8 Å². The van der Waals surface area contributed by atoms with Crippen LogP contribution in [0.4, 0.5) is 18.9 Å². The second-order valence-corrected chi connectivity index (χ2v) is 5.27. The highest BCUT2D eigenvalue weighted by Crippen LogP contribution is 2.24. The number of halogens is 3. The molecular weight excluding hydrogens is 347 g/mol. The lowest BCUT2D eigenvalue weighted by atomic mass is 10.1. The highest BCUT2D eigenvalue weighted by molar-refractivity contribution is 6.15. The molecule has 2 aromatic carbocycles. The second-order valence-electron chi connectivity index (χ2n) is 5.27. The molecule has 7 heteroatoms. The van der Waals surface area contributed by atoms with Gasteiger partial charge in [-0.15, -0.1) is 0 Å². The van der Waals surface area contributed by atoms with Gasteiger partial charge in [-0.25, -0.2) is 18.0 Å². The van der Waals surface area contributed by atoms with Crippen molar-refractivity contribution in [2.24, 2.45) is 4.99 Å². The van der Waals surface area contributed by atoms with Crippen molar-refractivity contribution in [3.63, 3.8) is 0 Å². The summed E-state index contributed by atoms with van der Waals surface area (Å²) in [5, 5.41) is 10.3. The van der Waals surface area contributed by atoms with Crippen LogP contribution in [0.15, 0.2) is 47.0 Å². The molecule has 0 aliphatic rings. The molecule has 4 nitrogen and oxygen atoms in total. The smallest absolute Gasteiger partial charge is 0.343 e. The molecular formula is C19H16F3NO3. The number of hydrogen-bond acceptors (Lipinski definition) is 4. The van der Waals surface area contributed by atoms with Crippen LogP contribution in [0.2, 0.25) is 0 Å². The van der Waals surface area contributed by atoms with Crippen molar-refractivity contribution in [3.05, 3.63) is 70.5 Å². The van der Waals surface area contributed by atoms with E-state index in [4.69, 9.17) is 4.74 Å². The van der Waals surface area contributed by atoms with Crippen molar-refractivity contribution in [1.82, 2.24) is 0 Å². The molecule has 0 radical (unpaired) electrons. The van der Waals surface area contributed by atoms with Gasteiger partial charge in [0.15, 0.2) is 11.6 Å². The highest BCUT2D eigenvalue weighted by Gasteiger charge is 2.21. The maximum Gasteiger partial charge on any atom is 0.343 e. The fourth-order valence-corrected chi connectivity index (χ4v) is 2.11. The molecule has 0 amide bonds. The number of carbonyl (C=O) groups excluding carboxylic acids is 1. The molecule has 0 aliphatic heterocycles. The molecule has 136 valence electrons. The van der Waals surface area contributed by atoms with Crippen LogP contribution in [0.25, 0.3) is 5.76 Å². The number of nitrogens with zero attached hydrogens (tertiary/aromatic N) is 1. The summed E-state index contributed by atoms with van der Waals surface area (Å²) in [6, 6.07) is 7.72. The van der Waals surface area contributed by atoms with Crippen LogP contribution >= 0.6 is 0 Å². The van der Waals surface area contributed by atoms with E-state index in [1.165, 1.54) is 0 Å². The summed E-state index contributed by atoms with van der Waals surface area (Å²) in [5.41, 5.74) is 0.140. The van der Waals surface area contributed by atoms with Crippen molar-refractivity contribution < 1.29 is 27.8 Å². The maximum atomic E-state index is 13.9. The standard InChI is InChI=1S/C19H16F3NO3/c1-3-26-19(25)13(10-23-17-7-5-4-6-11(17)2)18(24)12-8-15(21)16(22)9-14(12)20/h4-10,24H,3H2,1-2H3/b18-13+,23-10?. The molecule has 2 aromatic rings. The molecule has 0 atom stereocenters. The molecule has 0 aliphatic carbocycles. The van der Waals surface area contributed by atoms with E-state index >= 15 is 0 Å². The lowest BCUT2D eigenvalue weighted by Crippen LogP contribution is -2.12. The lowest BCUT2D eigenvalue weighted by molar-refractivity contribution is -0.137. The number of esters is 1. The Bertz CT molecular complexity index is 892. The van der Waals surface area contributed by atoms with Crippen LogP contribution in [0.5, 0.6) is 0 Å². The SMILES string of the molecule is CCOC(=O)/C(C=Nc1ccccc1C)=C(/O)c1cc(F)c(F)cc1F. The number of hydrogen-bond donors (Lipinski definition) is 1. The number of aryl methyl sites for hydroxylation is 1. The van der Waals surface area contributed by atoms with Gasteiger partial charge in [-0.1, -0.05) is 18.2 Å². The van der Waals surface area contributed by atoms with Gasteiger partial charge in [0.1, 0.15) is 17.1 Å². The summed E-state index contributed by atoms with van der Waals surface area (Å²) in [7, 11) is 0. The molecule has 0 spiro atoms. The van der Waals surface area contributed by atoms with Gasteiger partial charge in [0, 0.05) is 12.3 Å². The van der Waals surface area contributed by atoms with E-state index in [1.54, 1.807) is 38.1 Å². The minimum absolute atomic E-state index is 0.00587. The summed E-state index contributed by atoms with van der Waals surface area (Å²) >= 11 is 0. The number of aliphatic imine (C=N–C) groups is 1. The predicted molar refractivity (Wildman–Crippen MR) is 91.8 cm³/mol. The van der Waals surface area contributed by atoms with Crippen molar-refractivity contribution >= 4 is 23.6 Å². The number of rotatable bonds is 5. The summed E-state index contributed by atoms with van der Waals surface area (Å²) < 4.78 is 45.2. The zero-order valence-corrected chi connectivity index (χ0v) is 14.1. The molecule has 0 fully saturated rings. The number of aliphatic hydroxyl groups excluding tert-OH is 1. The van der Waals surface area contributed by atoms with Gasteiger partial charge in [-0.2, -0.15) is 0 Å². The Balaban J connectivity index is 2.56. The van der Waals surface area contributed by atoms with Gasteiger partial charge in [0.05, 0.1) is 17.9 Å². The van der Waals surface area contributed by atoms with Crippen molar-refractivity contribution in [2.45, 2.75) is 13.8 Å². The fraction of sp³-hybridized carbons (Fsp3) is 0.158. The van der Waals surface area contributed by atoms with E-state index in [1.807, 2.05) is 0 Å². The molecule has 0 unspecified atom stereocenters. The number of para-hydroxylation sites is 1. The summed E-state index contributed by atoms with van der Waals surface area (Å²) in [4.78, 5) is 16.2. The van der Waals surface area contributed by atoms with Gasteiger partial charge < -0.3 is 9.84 Å². The average molecular weight is 363 g/mol. The Morgan fingerprint density at radius 3 is 2.46 bits per heavy atom. The van der Waals surface area contributed by atoms with Crippen LogP contribution in [-0.2, 0) is 9.53 Å². The minimum atomic E-state index is -1.41. The van der Waals surface area contributed by atoms with Gasteiger partial charge in [-0.3, -0.25) is 4.99 Å². The summed E-state index contributed by atoms with van der Waals surface area (Å²) in [6.07, 6.45) is 0.996. The first-order valence-electron chi connectivity index (χ1n) is 7.70. The minimum Gasteiger partial charge on any atom is -0.506 e. The van der Waals surface area contributed by atoms with Gasteiger partial charge in [-0.05, 0) is 31.5 Å². The third-order valence-corrected chi connectivity index (χ3v) is 3.46. The Hall–Kier alpha value is -3.09. The monoisotopic (exact) mass is 363 g/mol. The molecule has 0 saturated carbocycles. The third-order valence-electron chi connectivity index (χ3n) is 3.46. The van der Waals surface area contributed by atoms with Crippen LogP contribution in [0.1, 0.15) is 18.1 Å². The zero-order valence-electron chi connectivity index (χ0n) is 14.1. The van der Waals surface area contributed by atoms with E-state index in [9.17, 15) is 23.1 Å². The van der Waals surface area contributed by atoms with Crippen LogP contribution < -0.4 is 0 Å². The fourth-order valence-electron chi connectivity index (χ4n) is 2.11. The van der Waals surface area contributed by atoms with Crippen LogP contribution in [0.3, 0.4) is 0 Å². The van der Waals surface area contributed by atoms with Crippen molar-refractivity contribution in [2.75, 3.05) is 6.61 Å². The quantitative estimate of drug-likeness (QED) is 0.277. The van der Waals surface area contributed by atoms with Crippen LogP contribution in [-0.4, -0.2) is 23.9 Å². The Labute approximate surface area is 148 Å². The maximum absolute atomic E-state index is 13.9. The summed E-state index contributed by atoms with van der Waals surface area (Å²) in [5.74, 6) is -5.89. The van der Waals surface area contributed by atoms with Gasteiger partial charge >= 0.3 is 5.97 Å². The first-order chi connectivity index (χ1) is 12.3. The van der Waals surface area contributed by atoms with E-state index < -0.39 is 40.3 Å². The van der Waals surface area contributed by atoms with E-state index in [-0.39, 0.29) is 12.7 Å². The average Bonchev–Trinajstić information content (AvgIpc) is 2.60. The Morgan fingerprint density at radius 2 is 1.81 bits per heavy atom. The molecule has 0 heterocycles. The Morgan fingerprint density at radius 1 is 1.15 bits per heavy atom. The zero-order chi connectivity index (χ0) is 19.3. The predicted octanol–water partition coefficient (Wildman–Crippen LogP) is 4.65. The van der Waals surface area contributed by atoms with Gasteiger partial charge in [0.25, 0.3) is 0 Å². The molecule has 0 aromatic heterocycles. The van der Waals surface area contributed by atoms with E-state index in [0.29, 0.717) is 11.8 Å². The first kappa shape index (κ1) is 19.2. The third kappa shape index (κ3) is 4.30. The topological polar surface area (TPSA) is 58.9 Å². The number of ether oxygens (including phenoxy) is 1. The van der Waals surface area contributed by atoms with Gasteiger partial charge in [0.2, 0.25) is 0 Å². The first-order valence-corrected chi connectivity index (χ1v) is 7.70. The second kappa shape index (κ2) is 8.33. The number of benzene rings is 2. The molecule has 0 bridgehead atoms. The Kier molecular flexibility index (Phi) is 6.16. The molecule has 26 heavy (non-hydrogen) atoms. The largest absolute Gasteiger partial charge is 0.506 e. The van der Waals surface area contributed by atoms with Crippen LogP contribution in [0, 0.1) is 24.4 Å². The number of carbonyl (C=O) groups is 1. The lowest BCUT2D eigenvalue weighted by Gasteiger charge is -2.08. The summed E-state index contributed by atoms with van der Waals surface area (Å²) in [6.45, 7) is 3.33. The number of aliphatic hydroxyl groups is 1. The normalized spacial score (nSPS) is 12.2. The van der Waals surface area contributed by atoms with Crippen molar-refractivity contribution in [3.8, 4) is 0 Å². The highest BCUT2D eigenvalue weighted by atomic mass is 19.2. The molecule has 2 rings (SSSR count). The van der Waals surface area contributed by atoms with Crippen molar-refractivity contribution in [1.29, 1.82) is 0 Å². The molecule has 0 saturated heterocycles.